The van der Waals surface area contributed by atoms with Gasteiger partial charge in [-0.2, -0.15) is 10.4 Å². The van der Waals surface area contributed by atoms with E-state index in [0.717, 1.165) is 0 Å². The van der Waals surface area contributed by atoms with E-state index in [1.54, 1.807) is 6.07 Å². The highest BCUT2D eigenvalue weighted by Gasteiger charge is 2.14. The highest BCUT2D eigenvalue weighted by molar-refractivity contribution is 6.46. The van der Waals surface area contributed by atoms with Gasteiger partial charge in [-0.15, -0.1) is 0 Å². The van der Waals surface area contributed by atoms with Gasteiger partial charge >= 0.3 is 5.97 Å². The molecule has 0 saturated heterocycles. The Hall–Kier alpha value is -2.30. The van der Waals surface area contributed by atoms with Gasteiger partial charge in [-0.3, -0.25) is 10.8 Å². The lowest BCUT2D eigenvalue weighted by Crippen LogP contribution is -2.21. The smallest absolute Gasteiger partial charge is 0.337 e. The molecule has 19 heavy (non-hydrogen) atoms. The van der Waals surface area contributed by atoms with Gasteiger partial charge in [-0.1, -0.05) is 23.2 Å². The number of nitrogens with two attached hydrogens (primary N) is 1. The molecule has 0 fully saturated rings. The van der Waals surface area contributed by atoms with Crippen molar-refractivity contribution in [3.63, 3.8) is 0 Å². The predicted molar refractivity (Wildman–Crippen MR) is 72.0 cm³/mol. The molecule has 0 aromatic heterocycles. The van der Waals surface area contributed by atoms with Crippen LogP contribution in [0.2, 0.25) is 10.0 Å². The zero-order chi connectivity index (χ0) is 14.6. The Kier molecular flexibility index (Phi) is 4.69. The number of rotatable bonds is 4. The van der Waals surface area contributed by atoms with Crippen molar-refractivity contribution in [1.82, 2.24) is 0 Å². The van der Waals surface area contributed by atoms with Crippen molar-refractivity contribution in [1.29, 1.82) is 10.7 Å². The molecule has 0 unspecified atom stereocenters. The fourth-order valence-electron chi connectivity index (χ4n) is 1.06. The molecular weight excluding hydrogens is 293 g/mol. The van der Waals surface area contributed by atoms with E-state index in [9.17, 15) is 4.79 Å². The zero-order valence-corrected chi connectivity index (χ0v) is 10.7. The van der Waals surface area contributed by atoms with E-state index in [-0.39, 0.29) is 27.0 Å². The number of nitriles is 1. The average molecular weight is 300 g/mol. The minimum atomic E-state index is -1.22. The van der Waals surface area contributed by atoms with Crippen LogP contribution in [0.5, 0.6) is 0 Å². The van der Waals surface area contributed by atoms with E-state index < -0.39 is 11.8 Å². The first-order chi connectivity index (χ1) is 8.88. The quantitative estimate of drug-likeness (QED) is 0.382. The summed E-state index contributed by atoms with van der Waals surface area (Å²) in [5.41, 5.74) is 7.17. The third-order valence-electron chi connectivity index (χ3n) is 1.96. The SMILES string of the molecule is N#C/C(=N\Nc1ccc(C(=O)O)c(Cl)c1Cl)C(=N)N. The van der Waals surface area contributed by atoms with E-state index in [2.05, 4.69) is 10.5 Å². The van der Waals surface area contributed by atoms with Crippen molar-refractivity contribution in [3.05, 3.63) is 27.7 Å². The standard InChI is InChI=1S/C10H7Cl2N5O2/c11-7-4(10(18)19)1-2-5(8(7)12)16-17-6(3-13)9(14)15/h1-2,16H,(H3,14,15)(H,18,19)/b17-6+. The Balaban J connectivity index is 3.12. The molecule has 0 saturated carbocycles. The van der Waals surface area contributed by atoms with Crippen molar-refractivity contribution in [2.75, 3.05) is 5.43 Å². The van der Waals surface area contributed by atoms with Gasteiger partial charge in [0.25, 0.3) is 0 Å². The van der Waals surface area contributed by atoms with Crippen molar-refractivity contribution in [2.45, 2.75) is 0 Å². The van der Waals surface area contributed by atoms with Crippen LogP contribution < -0.4 is 11.2 Å². The monoisotopic (exact) mass is 299 g/mol. The number of carboxylic acids is 1. The summed E-state index contributed by atoms with van der Waals surface area (Å²) in [6.07, 6.45) is 0. The first kappa shape index (κ1) is 14.8. The highest BCUT2D eigenvalue weighted by Crippen LogP contribution is 2.33. The Labute approximate surface area is 117 Å². The molecule has 98 valence electrons. The lowest BCUT2D eigenvalue weighted by molar-refractivity contribution is 0.0697. The second-order valence-corrected chi connectivity index (χ2v) is 3.95. The molecule has 0 heterocycles. The molecule has 0 aliphatic rings. The number of carboxylic acid groups (broad SMARTS) is 1. The molecule has 0 aliphatic heterocycles. The molecule has 0 atom stereocenters. The third-order valence-corrected chi connectivity index (χ3v) is 2.84. The number of hydrazone groups is 1. The number of aromatic carboxylic acids is 1. The van der Waals surface area contributed by atoms with Crippen molar-refractivity contribution in [2.24, 2.45) is 10.8 Å². The molecule has 1 aromatic rings. The first-order valence-electron chi connectivity index (χ1n) is 4.68. The largest absolute Gasteiger partial charge is 0.478 e. The van der Waals surface area contributed by atoms with E-state index in [1.165, 1.54) is 12.1 Å². The maximum atomic E-state index is 10.8. The van der Waals surface area contributed by atoms with Gasteiger partial charge in [0.05, 0.1) is 21.3 Å². The highest BCUT2D eigenvalue weighted by atomic mass is 35.5. The van der Waals surface area contributed by atoms with Crippen LogP contribution in [0.1, 0.15) is 10.4 Å². The molecule has 0 radical (unpaired) electrons. The summed E-state index contributed by atoms with van der Waals surface area (Å²) in [5.74, 6) is -1.73. The van der Waals surface area contributed by atoms with Crippen LogP contribution in [-0.2, 0) is 0 Å². The van der Waals surface area contributed by atoms with Gasteiger partial charge in [0.2, 0.25) is 5.71 Å². The van der Waals surface area contributed by atoms with Gasteiger partial charge in [0, 0.05) is 0 Å². The second-order valence-electron chi connectivity index (χ2n) is 3.19. The molecule has 0 bridgehead atoms. The van der Waals surface area contributed by atoms with E-state index in [1.807, 2.05) is 0 Å². The van der Waals surface area contributed by atoms with Crippen LogP contribution in [-0.4, -0.2) is 22.6 Å². The normalized spacial score (nSPS) is 10.7. The van der Waals surface area contributed by atoms with Crippen molar-refractivity contribution < 1.29 is 9.90 Å². The molecule has 1 aromatic carbocycles. The maximum absolute atomic E-state index is 10.8. The summed E-state index contributed by atoms with van der Waals surface area (Å²) in [6.45, 7) is 0. The number of halogens is 2. The Morgan fingerprint density at radius 1 is 1.47 bits per heavy atom. The zero-order valence-electron chi connectivity index (χ0n) is 9.24. The molecule has 7 nitrogen and oxygen atoms in total. The van der Waals surface area contributed by atoms with Crippen LogP contribution in [0.25, 0.3) is 0 Å². The number of hydrogen-bond donors (Lipinski definition) is 4. The molecule has 1 rings (SSSR count). The van der Waals surface area contributed by atoms with Crippen molar-refractivity contribution >= 4 is 46.4 Å². The summed E-state index contributed by atoms with van der Waals surface area (Å²) >= 11 is 11.6. The number of hydrogen-bond acceptors (Lipinski definition) is 5. The fraction of sp³-hybridized carbons (Fsp3) is 0. The topological polar surface area (TPSA) is 135 Å². The summed E-state index contributed by atoms with van der Waals surface area (Å²) < 4.78 is 0. The molecular formula is C10H7Cl2N5O2. The molecule has 0 spiro atoms. The predicted octanol–water partition coefficient (Wildman–Crippen LogP) is 1.92. The molecule has 5 N–H and O–H groups in total. The van der Waals surface area contributed by atoms with Crippen LogP contribution in [0.3, 0.4) is 0 Å². The molecule has 0 amide bonds. The van der Waals surface area contributed by atoms with Crippen LogP contribution in [0.4, 0.5) is 5.69 Å². The Bertz CT molecular complexity index is 621. The van der Waals surface area contributed by atoms with Gasteiger partial charge in [0.1, 0.15) is 6.07 Å². The number of nitrogens with zero attached hydrogens (tertiary/aromatic N) is 2. The summed E-state index contributed by atoms with van der Waals surface area (Å²) in [6, 6.07) is 4.16. The molecule has 9 heteroatoms. The van der Waals surface area contributed by atoms with Gasteiger partial charge < -0.3 is 10.8 Å². The van der Waals surface area contributed by atoms with E-state index in [0.29, 0.717) is 0 Å². The number of nitrogens with one attached hydrogen (secondary N) is 2. The second kappa shape index (κ2) is 6.04. The average Bonchev–Trinajstić information content (AvgIpc) is 2.34. The number of anilines is 1. The van der Waals surface area contributed by atoms with E-state index in [4.69, 9.17) is 44.7 Å². The molecule has 0 aliphatic carbocycles. The van der Waals surface area contributed by atoms with Gasteiger partial charge in [-0.05, 0) is 12.1 Å². The van der Waals surface area contributed by atoms with Crippen LogP contribution >= 0.6 is 23.2 Å². The number of benzene rings is 1. The minimum Gasteiger partial charge on any atom is -0.478 e. The van der Waals surface area contributed by atoms with Gasteiger partial charge in [0.15, 0.2) is 5.84 Å². The Morgan fingerprint density at radius 3 is 2.58 bits per heavy atom. The lowest BCUT2D eigenvalue weighted by atomic mass is 10.2. The number of carbonyl (C=O) groups is 1. The number of amidine groups is 1. The van der Waals surface area contributed by atoms with Gasteiger partial charge in [-0.25, -0.2) is 4.79 Å². The fourth-order valence-corrected chi connectivity index (χ4v) is 1.52. The van der Waals surface area contributed by atoms with Crippen LogP contribution in [0.15, 0.2) is 17.2 Å². The van der Waals surface area contributed by atoms with Crippen LogP contribution in [0, 0.1) is 16.7 Å². The first-order valence-corrected chi connectivity index (χ1v) is 5.43. The summed E-state index contributed by atoms with van der Waals surface area (Å²) in [7, 11) is 0. The summed E-state index contributed by atoms with van der Waals surface area (Å²) in [5, 5.41) is 27.9. The Morgan fingerprint density at radius 2 is 2.11 bits per heavy atom. The lowest BCUT2D eigenvalue weighted by Gasteiger charge is -2.07. The minimum absolute atomic E-state index is 0.0637. The van der Waals surface area contributed by atoms with E-state index >= 15 is 0 Å². The maximum Gasteiger partial charge on any atom is 0.337 e. The third kappa shape index (κ3) is 3.34. The van der Waals surface area contributed by atoms with Crippen molar-refractivity contribution in [3.8, 4) is 6.07 Å². The summed E-state index contributed by atoms with van der Waals surface area (Å²) in [4.78, 5) is 10.8.